The van der Waals surface area contributed by atoms with Gasteiger partial charge in [0, 0.05) is 0 Å². The Kier molecular flexibility index (Phi) is 5.47. The second kappa shape index (κ2) is 7.16. The molecule has 0 radical (unpaired) electrons. The molecule has 2 aliphatic rings. The fourth-order valence-corrected chi connectivity index (χ4v) is 12.7. The zero-order chi connectivity index (χ0) is 26.5. The van der Waals surface area contributed by atoms with E-state index in [1.54, 1.807) is 0 Å². The van der Waals surface area contributed by atoms with Crippen molar-refractivity contribution >= 4 is 40.3 Å². The Balaban J connectivity index is 2.27. The van der Waals surface area contributed by atoms with Crippen LogP contribution in [0.4, 0.5) is 52.7 Å². The zero-order valence-corrected chi connectivity index (χ0v) is 19.6. The minimum absolute atomic E-state index is 0.317. The van der Waals surface area contributed by atoms with Gasteiger partial charge in [0.1, 0.15) is 0 Å². The van der Waals surface area contributed by atoms with Crippen LogP contribution in [0.1, 0.15) is 11.1 Å². The van der Waals surface area contributed by atoms with Gasteiger partial charge < -0.3 is 0 Å². The van der Waals surface area contributed by atoms with Crippen LogP contribution in [0, 0.1) is 0 Å². The summed E-state index contributed by atoms with van der Waals surface area (Å²) in [6.45, 7) is 0. The predicted octanol–water partition coefficient (Wildman–Crippen LogP) is 7.11. The van der Waals surface area contributed by atoms with Crippen LogP contribution in [0.2, 0.25) is 0 Å². The zero-order valence-electron chi connectivity index (χ0n) is 16.5. The molecule has 0 atom stereocenters. The molecule has 0 aliphatic carbocycles. The van der Waals surface area contributed by atoms with E-state index >= 15 is 0 Å². The van der Waals surface area contributed by atoms with Gasteiger partial charge in [0.25, 0.3) is 0 Å². The Hall–Kier alpha value is -1.32. The average molecular weight is 656 g/mol. The van der Waals surface area contributed by atoms with Gasteiger partial charge >= 0.3 is 202 Å². The summed E-state index contributed by atoms with van der Waals surface area (Å²) in [5.74, 6) is 0. The van der Waals surface area contributed by atoms with Crippen LogP contribution in [0.3, 0.4) is 0 Å². The van der Waals surface area contributed by atoms with Crippen molar-refractivity contribution in [3.05, 3.63) is 59.7 Å². The Morgan fingerprint density at radius 3 is 1.11 bits per heavy atom. The standard InChI is InChI=1S/C19H10F12IO2P/c20-16(21,22)14(17(23,24)25)10-5-1-3-7-12(10)35(9-32,33-14)13-8-4-2-6-11(13)15(34-35,18(26,27)28)19(29,30)31/h1-8H,9H2. The van der Waals surface area contributed by atoms with Crippen LogP contribution in [-0.4, -0.2) is 28.9 Å². The van der Waals surface area contributed by atoms with Gasteiger partial charge in [-0.3, -0.25) is 0 Å². The number of rotatable bonds is 1. The van der Waals surface area contributed by atoms with E-state index in [2.05, 4.69) is 0 Å². The summed E-state index contributed by atoms with van der Waals surface area (Å²) in [5, 5.41) is -2.30. The van der Waals surface area contributed by atoms with Gasteiger partial charge in [-0.05, 0) is 0 Å². The molecule has 2 nitrogen and oxygen atoms in total. The van der Waals surface area contributed by atoms with Crippen molar-refractivity contribution in [3.8, 4) is 0 Å². The van der Waals surface area contributed by atoms with E-state index in [0.717, 1.165) is 46.9 Å². The second-order valence-electron chi connectivity index (χ2n) is 7.82. The first kappa shape index (κ1) is 26.7. The van der Waals surface area contributed by atoms with Crippen LogP contribution < -0.4 is 10.6 Å². The Morgan fingerprint density at radius 1 is 0.571 bits per heavy atom. The molecule has 16 heteroatoms. The van der Waals surface area contributed by atoms with Crippen molar-refractivity contribution in [1.82, 2.24) is 0 Å². The van der Waals surface area contributed by atoms with E-state index in [1.165, 1.54) is 0 Å². The fraction of sp³-hybridized carbons (Fsp3) is 0.368. The molecule has 35 heavy (non-hydrogen) atoms. The summed E-state index contributed by atoms with van der Waals surface area (Å²) in [6, 6.07) is 5.06. The molecule has 2 aromatic carbocycles. The number of hydrogen-bond acceptors (Lipinski definition) is 2. The van der Waals surface area contributed by atoms with E-state index < -0.39 is 68.9 Å². The van der Waals surface area contributed by atoms with Gasteiger partial charge in [0.05, 0.1) is 0 Å². The maximum absolute atomic E-state index is 14.2. The molecule has 0 aromatic heterocycles. The predicted molar refractivity (Wildman–Crippen MR) is 108 cm³/mol. The van der Waals surface area contributed by atoms with E-state index in [4.69, 9.17) is 9.05 Å². The summed E-state index contributed by atoms with van der Waals surface area (Å²) in [7, 11) is -6.46. The molecule has 2 heterocycles. The third kappa shape index (κ3) is 2.92. The molecule has 1 spiro atoms. The first-order valence-electron chi connectivity index (χ1n) is 9.23. The van der Waals surface area contributed by atoms with Crippen LogP contribution in [0.15, 0.2) is 48.5 Å². The van der Waals surface area contributed by atoms with Crippen molar-refractivity contribution in [3.63, 3.8) is 0 Å². The average Bonchev–Trinajstić information content (AvgIpc) is 3.17. The number of halogens is 13. The molecular weight excluding hydrogens is 646 g/mol. The van der Waals surface area contributed by atoms with Gasteiger partial charge in [-0.25, -0.2) is 0 Å². The number of benzene rings is 2. The minimum atomic E-state index is -6.46. The molecule has 0 saturated heterocycles. The summed E-state index contributed by atoms with van der Waals surface area (Å²) in [6.07, 6.45) is -25.4. The first-order chi connectivity index (χ1) is 15.8. The molecule has 0 unspecified atom stereocenters. The molecule has 194 valence electrons. The number of alkyl halides is 13. The van der Waals surface area contributed by atoms with Crippen molar-refractivity contribution in [2.45, 2.75) is 35.9 Å². The Labute approximate surface area is 201 Å². The third-order valence-corrected chi connectivity index (χ3v) is 14.2. The molecular formula is C19H10F12IO2P. The Bertz CT molecular complexity index is 1070. The summed E-state index contributed by atoms with van der Waals surface area (Å²) in [4.78, 5) is 0. The van der Waals surface area contributed by atoms with Gasteiger partial charge in [0.15, 0.2) is 0 Å². The summed E-state index contributed by atoms with van der Waals surface area (Å²) < 4.78 is 179. The molecule has 0 amide bonds. The first-order valence-corrected chi connectivity index (χ1v) is 13.0. The molecule has 0 saturated carbocycles. The van der Waals surface area contributed by atoms with E-state index in [0.29, 0.717) is 24.3 Å². The Morgan fingerprint density at radius 2 is 0.857 bits per heavy atom. The van der Waals surface area contributed by atoms with Gasteiger partial charge in [-0.15, -0.1) is 0 Å². The van der Waals surface area contributed by atoms with Crippen molar-refractivity contribution in [2.75, 3.05) is 4.17 Å². The SMILES string of the molecule is FC(F)(F)C1(C(F)(F)F)OP2(CI)(OC(C(F)(F)F)(C(F)(F)F)c3ccccc32)c2ccccc21. The van der Waals surface area contributed by atoms with Crippen LogP contribution >= 0.6 is 29.6 Å². The number of fused-ring (bicyclic) bond motifs is 4. The number of hydrogen-bond donors (Lipinski definition) is 0. The normalized spacial score (nSPS) is 23.4. The van der Waals surface area contributed by atoms with Gasteiger partial charge in [-0.2, -0.15) is 0 Å². The third-order valence-electron chi connectivity index (χ3n) is 6.02. The monoisotopic (exact) mass is 656 g/mol. The molecule has 0 N–H and O–H groups in total. The topological polar surface area (TPSA) is 18.5 Å². The molecule has 2 aromatic rings. The van der Waals surface area contributed by atoms with E-state index in [9.17, 15) is 52.7 Å². The van der Waals surface area contributed by atoms with Crippen molar-refractivity contribution in [1.29, 1.82) is 0 Å². The fourth-order valence-electron chi connectivity index (χ4n) is 4.67. The van der Waals surface area contributed by atoms with Gasteiger partial charge in [-0.1, -0.05) is 0 Å². The molecule has 2 aliphatic heterocycles. The molecule has 0 fully saturated rings. The summed E-state index contributed by atoms with van der Waals surface area (Å²) in [5.41, 5.74) is -13.9. The second-order valence-corrected chi connectivity index (χ2v) is 13.7. The van der Waals surface area contributed by atoms with Gasteiger partial charge in [0.2, 0.25) is 0 Å². The van der Waals surface area contributed by atoms with Crippen LogP contribution in [0.5, 0.6) is 0 Å². The van der Waals surface area contributed by atoms with Crippen LogP contribution in [0.25, 0.3) is 0 Å². The quantitative estimate of drug-likeness (QED) is 0.141. The maximum atomic E-state index is 14.2. The van der Waals surface area contributed by atoms with Crippen molar-refractivity contribution in [2.24, 2.45) is 0 Å². The summed E-state index contributed by atoms with van der Waals surface area (Å²) >= 11 is 1.11. The van der Waals surface area contributed by atoms with Crippen molar-refractivity contribution < 1.29 is 61.7 Å². The van der Waals surface area contributed by atoms with E-state index in [-0.39, 0.29) is 0 Å². The molecule has 0 bridgehead atoms. The van der Waals surface area contributed by atoms with E-state index in [1.807, 2.05) is 0 Å². The molecule has 4 rings (SSSR count). The van der Waals surface area contributed by atoms with Crippen LogP contribution in [-0.2, 0) is 20.2 Å².